The van der Waals surface area contributed by atoms with E-state index in [0.717, 1.165) is 42.5 Å². The van der Waals surface area contributed by atoms with Crippen LogP contribution < -0.4 is 10.6 Å². The number of pyridine rings is 1. The number of nitrogens with zero attached hydrogens (tertiary/aromatic N) is 5. The average Bonchev–Trinajstić information content (AvgIpc) is 3.38. The van der Waals surface area contributed by atoms with E-state index in [1.165, 1.54) is 4.68 Å². The summed E-state index contributed by atoms with van der Waals surface area (Å²) in [5.41, 5.74) is 3.39. The Hall–Kier alpha value is -3.49. The Kier molecular flexibility index (Phi) is 6.57. The predicted octanol–water partition coefficient (Wildman–Crippen LogP) is 3.09. The van der Waals surface area contributed by atoms with Gasteiger partial charge in [-0.15, -0.1) is 0 Å². The molecule has 1 aliphatic rings. The van der Waals surface area contributed by atoms with Gasteiger partial charge in [-0.1, -0.05) is 19.8 Å². The van der Waals surface area contributed by atoms with E-state index in [4.69, 9.17) is 0 Å². The molecule has 174 valence electrons. The zero-order valence-electron chi connectivity index (χ0n) is 19.6. The SMILES string of the molecule is Cc1cnn(C)c1-c1ccc(NC(=O)[C@@H](NC(=O)c2ccnn2C)C2CCC(C)CC2)nc1. The summed E-state index contributed by atoms with van der Waals surface area (Å²) in [6, 6.07) is 4.70. The van der Waals surface area contributed by atoms with E-state index in [1.807, 2.05) is 26.2 Å². The van der Waals surface area contributed by atoms with Crippen molar-refractivity contribution in [2.24, 2.45) is 25.9 Å². The lowest BCUT2D eigenvalue weighted by molar-refractivity contribution is -0.119. The third-order valence-electron chi connectivity index (χ3n) is 6.56. The van der Waals surface area contributed by atoms with Crippen molar-refractivity contribution < 1.29 is 9.59 Å². The van der Waals surface area contributed by atoms with Crippen LogP contribution in [0.1, 0.15) is 48.7 Å². The summed E-state index contributed by atoms with van der Waals surface area (Å²) in [6.07, 6.45) is 9.01. The van der Waals surface area contributed by atoms with Gasteiger partial charge in [0.25, 0.3) is 5.91 Å². The van der Waals surface area contributed by atoms with Crippen LogP contribution in [0.15, 0.2) is 36.8 Å². The van der Waals surface area contributed by atoms with E-state index in [-0.39, 0.29) is 17.7 Å². The van der Waals surface area contributed by atoms with Crippen LogP contribution in [0.2, 0.25) is 0 Å². The minimum absolute atomic E-state index is 0.0785. The molecule has 9 heteroatoms. The molecule has 3 heterocycles. The van der Waals surface area contributed by atoms with Crippen LogP contribution in [0.25, 0.3) is 11.3 Å². The van der Waals surface area contributed by atoms with Crippen molar-refractivity contribution in [1.82, 2.24) is 29.9 Å². The second-order valence-electron chi connectivity index (χ2n) is 9.03. The molecule has 0 unspecified atom stereocenters. The molecule has 1 saturated carbocycles. The minimum Gasteiger partial charge on any atom is -0.339 e. The van der Waals surface area contributed by atoms with Gasteiger partial charge in [0.05, 0.1) is 11.9 Å². The lowest BCUT2D eigenvalue weighted by Crippen LogP contribution is -2.49. The first-order valence-electron chi connectivity index (χ1n) is 11.4. The highest BCUT2D eigenvalue weighted by Crippen LogP contribution is 2.31. The Labute approximate surface area is 193 Å². The third-order valence-corrected chi connectivity index (χ3v) is 6.56. The quantitative estimate of drug-likeness (QED) is 0.601. The molecule has 0 radical (unpaired) electrons. The van der Waals surface area contributed by atoms with Crippen LogP contribution in [0.3, 0.4) is 0 Å². The number of hydrogen-bond donors (Lipinski definition) is 2. The maximum Gasteiger partial charge on any atom is 0.270 e. The van der Waals surface area contributed by atoms with Crippen molar-refractivity contribution >= 4 is 17.6 Å². The molecule has 2 N–H and O–H groups in total. The van der Waals surface area contributed by atoms with Crippen LogP contribution in [0, 0.1) is 18.8 Å². The van der Waals surface area contributed by atoms with E-state index in [9.17, 15) is 9.59 Å². The number of aromatic nitrogens is 5. The molecule has 0 aromatic carbocycles. The Morgan fingerprint density at radius 1 is 1.03 bits per heavy atom. The van der Waals surface area contributed by atoms with Gasteiger partial charge in [-0.2, -0.15) is 10.2 Å². The van der Waals surface area contributed by atoms with E-state index in [0.29, 0.717) is 17.4 Å². The number of nitrogens with one attached hydrogen (secondary N) is 2. The van der Waals surface area contributed by atoms with Gasteiger partial charge in [-0.3, -0.25) is 19.0 Å². The summed E-state index contributed by atoms with van der Waals surface area (Å²) in [4.78, 5) is 30.6. The maximum absolute atomic E-state index is 13.3. The first kappa shape index (κ1) is 22.7. The summed E-state index contributed by atoms with van der Waals surface area (Å²) in [7, 11) is 3.60. The minimum atomic E-state index is -0.638. The molecule has 0 aliphatic heterocycles. The summed E-state index contributed by atoms with van der Waals surface area (Å²) in [5.74, 6) is 0.621. The zero-order valence-corrected chi connectivity index (χ0v) is 19.6. The molecule has 3 aromatic rings. The van der Waals surface area contributed by atoms with Crippen LogP contribution in [-0.2, 0) is 18.9 Å². The van der Waals surface area contributed by atoms with Crippen LogP contribution in [0.4, 0.5) is 5.82 Å². The molecule has 1 fully saturated rings. The van der Waals surface area contributed by atoms with E-state index < -0.39 is 6.04 Å². The number of carbonyl (C=O) groups excluding carboxylic acids is 2. The van der Waals surface area contributed by atoms with Crippen molar-refractivity contribution in [3.63, 3.8) is 0 Å². The largest absolute Gasteiger partial charge is 0.339 e. The van der Waals surface area contributed by atoms with E-state index in [2.05, 4.69) is 32.7 Å². The lowest BCUT2D eigenvalue weighted by atomic mass is 9.79. The van der Waals surface area contributed by atoms with Gasteiger partial charge in [0.15, 0.2) is 0 Å². The van der Waals surface area contributed by atoms with Crippen molar-refractivity contribution in [2.75, 3.05) is 5.32 Å². The van der Waals surface area contributed by atoms with E-state index >= 15 is 0 Å². The molecule has 3 aromatic heterocycles. The topological polar surface area (TPSA) is 107 Å². The standard InChI is InChI=1S/C24H31N7O2/c1-15-5-7-17(8-6-15)21(29-23(32)19-11-12-26-30(19)3)24(33)28-20-10-9-18(14-25-20)22-16(2)13-27-31(22)4/h9-15,17,21H,5-8H2,1-4H3,(H,29,32)(H,25,28,33)/t15?,17?,21-/m0/s1. The number of rotatable bonds is 6. The van der Waals surface area contributed by atoms with Gasteiger partial charge in [0, 0.05) is 32.1 Å². The molecule has 4 rings (SSSR count). The Morgan fingerprint density at radius 2 is 1.79 bits per heavy atom. The number of aryl methyl sites for hydroxylation is 3. The third kappa shape index (κ3) is 4.97. The molecule has 0 bridgehead atoms. The average molecular weight is 450 g/mol. The first-order valence-corrected chi connectivity index (χ1v) is 11.4. The molecule has 33 heavy (non-hydrogen) atoms. The van der Waals surface area contributed by atoms with Crippen LogP contribution in [-0.4, -0.2) is 42.4 Å². The monoisotopic (exact) mass is 449 g/mol. The van der Waals surface area contributed by atoms with Crippen molar-refractivity contribution in [2.45, 2.75) is 45.6 Å². The maximum atomic E-state index is 13.3. The highest BCUT2D eigenvalue weighted by molar-refractivity contribution is 6.00. The number of hydrogen-bond acceptors (Lipinski definition) is 5. The van der Waals surface area contributed by atoms with Crippen molar-refractivity contribution in [3.05, 3.63) is 48.0 Å². The zero-order chi connectivity index (χ0) is 23.5. The van der Waals surface area contributed by atoms with Crippen LogP contribution >= 0.6 is 0 Å². The van der Waals surface area contributed by atoms with Gasteiger partial charge in [-0.05, 0) is 55.4 Å². The molecule has 1 atom stereocenters. The molecule has 1 aliphatic carbocycles. The van der Waals surface area contributed by atoms with E-state index in [1.54, 1.807) is 36.3 Å². The Balaban J connectivity index is 1.51. The summed E-state index contributed by atoms with van der Waals surface area (Å²) in [5, 5.41) is 14.2. The fraction of sp³-hybridized carbons (Fsp3) is 0.458. The Bertz CT molecular complexity index is 1100. The highest BCUT2D eigenvalue weighted by Gasteiger charge is 2.33. The van der Waals surface area contributed by atoms with Gasteiger partial charge >= 0.3 is 0 Å². The van der Waals surface area contributed by atoms with Gasteiger partial charge < -0.3 is 10.6 Å². The number of anilines is 1. The first-order chi connectivity index (χ1) is 15.8. The fourth-order valence-corrected chi connectivity index (χ4v) is 4.60. The normalized spacial score (nSPS) is 19.2. The summed E-state index contributed by atoms with van der Waals surface area (Å²) < 4.78 is 3.31. The van der Waals surface area contributed by atoms with Gasteiger partial charge in [-0.25, -0.2) is 4.98 Å². The molecular formula is C24H31N7O2. The van der Waals surface area contributed by atoms with Gasteiger partial charge in [0.2, 0.25) is 5.91 Å². The van der Waals surface area contributed by atoms with Gasteiger partial charge in [0.1, 0.15) is 17.6 Å². The van der Waals surface area contributed by atoms with Crippen LogP contribution in [0.5, 0.6) is 0 Å². The Morgan fingerprint density at radius 3 is 2.36 bits per heavy atom. The second-order valence-corrected chi connectivity index (χ2v) is 9.03. The lowest BCUT2D eigenvalue weighted by Gasteiger charge is -2.32. The second kappa shape index (κ2) is 9.56. The number of amides is 2. The molecule has 2 amide bonds. The molecular weight excluding hydrogens is 418 g/mol. The smallest absolute Gasteiger partial charge is 0.270 e. The predicted molar refractivity (Wildman–Crippen MR) is 125 cm³/mol. The molecule has 9 nitrogen and oxygen atoms in total. The highest BCUT2D eigenvalue weighted by atomic mass is 16.2. The van der Waals surface area contributed by atoms with Crippen molar-refractivity contribution in [1.29, 1.82) is 0 Å². The summed E-state index contributed by atoms with van der Waals surface area (Å²) >= 11 is 0. The van der Waals surface area contributed by atoms with Crippen molar-refractivity contribution in [3.8, 4) is 11.3 Å². The summed E-state index contributed by atoms with van der Waals surface area (Å²) in [6.45, 7) is 4.23. The number of carbonyl (C=O) groups is 2. The fourth-order valence-electron chi connectivity index (χ4n) is 4.60. The molecule has 0 spiro atoms. The molecule has 0 saturated heterocycles.